The average Bonchev–Trinajstić information content (AvgIpc) is 2.75. The van der Waals surface area contributed by atoms with Crippen molar-refractivity contribution in [2.45, 2.75) is 51.1 Å². The number of hydrogen-bond acceptors (Lipinski definition) is 6. The van der Waals surface area contributed by atoms with Crippen LogP contribution in [0.4, 0.5) is 0 Å². The summed E-state index contributed by atoms with van der Waals surface area (Å²) >= 11 is 0. The van der Waals surface area contributed by atoms with E-state index >= 15 is 0 Å². The van der Waals surface area contributed by atoms with Crippen molar-refractivity contribution in [3.63, 3.8) is 0 Å². The maximum Gasteiger partial charge on any atom is 0.199 e. The van der Waals surface area contributed by atoms with Gasteiger partial charge in [0.25, 0.3) is 0 Å². The van der Waals surface area contributed by atoms with E-state index in [2.05, 4.69) is 10.2 Å². The molecule has 6 heteroatoms. The molecule has 146 valence electrons. The maximum absolute atomic E-state index is 5.96. The Hall–Kier alpha value is -2.44. The van der Waals surface area contributed by atoms with Crippen LogP contribution < -0.4 is 9.47 Å². The van der Waals surface area contributed by atoms with Gasteiger partial charge in [-0.3, -0.25) is 0 Å². The van der Waals surface area contributed by atoms with E-state index in [-0.39, 0.29) is 12.6 Å². The zero-order valence-corrected chi connectivity index (χ0v) is 15.8. The second-order valence-corrected chi connectivity index (χ2v) is 7.39. The summed E-state index contributed by atoms with van der Waals surface area (Å²) in [5.41, 5.74) is 1.62. The third-order valence-electron chi connectivity index (χ3n) is 5.30. The highest BCUT2D eigenvalue weighted by Crippen LogP contribution is 2.29. The molecular formula is C22H24N2O4. The minimum Gasteiger partial charge on any atom is -0.465 e. The second-order valence-electron chi connectivity index (χ2n) is 7.39. The van der Waals surface area contributed by atoms with E-state index in [1.807, 2.05) is 36.4 Å². The molecule has 0 amide bonds. The Morgan fingerprint density at radius 2 is 1.18 bits per heavy atom. The van der Waals surface area contributed by atoms with Gasteiger partial charge in [0, 0.05) is 35.7 Å². The van der Waals surface area contributed by atoms with E-state index < -0.39 is 0 Å². The minimum absolute atomic E-state index is 0.165. The molecule has 2 atom stereocenters. The van der Waals surface area contributed by atoms with Gasteiger partial charge in [0.1, 0.15) is 11.5 Å². The zero-order valence-electron chi connectivity index (χ0n) is 15.8. The minimum atomic E-state index is -0.165. The molecule has 2 aliphatic rings. The van der Waals surface area contributed by atoms with Crippen LogP contribution >= 0.6 is 0 Å². The van der Waals surface area contributed by atoms with E-state index in [4.69, 9.17) is 18.9 Å². The standard InChI is InChI=1S/C22H24N2O4/c1-3-11-25-21(5-1)27-15-7-9-17-18-10-8-16(28-22-6-2-4-12-26-22)14-20(18)24-23-19(17)13-15/h7-10,13-14,21-22H,1-6,11-12H2/t21-,22-/m1/s1. The van der Waals surface area contributed by atoms with Crippen LogP contribution in [-0.2, 0) is 9.47 Å². The van der Waals surface area contributed by atoms with Crippen molar-refractivity contribution in [3.05, 3.63) is 36.4 Å². The third-order valence-corrected chi connectivity index (χ3v) is 5.30. The molecule has 1 aromatic heterocycles. The van der Waals surface area contributed by atoms with Gasteiger partial charge in [-0.05, 0) is 49.9 Å². The number of benzene rings is 2. The predicted octanol–water partition coefficient (Wildman–Crippen LogP) is 4.59. The number of ether oxygens (including phenoxy) is 4. The van der Waals surface area contributed by atoms with Crippen LogP contribution in [0.3, 0.4) is 0 Å². The monoisotopic (exact) mass is 380 g/mol. The molecule has 3 heterocycles. The number of rotatable bonds is 4. The van der Waals surface area contributed by atoms with Crippen molar-refractivity contribution in [1.82, 2.24) is 10.2 Å². The summed E-state index contributed by atoms with van der Waals surface area (Å²) in [5, 5.41) is 10.9. The number of fused-ring (bicyclic) bond motifs is 3. The molecule has 0 spiro atoms. The van der Waals surface area contributed by atoms with Gasteiger partial charge in [0.2, 0.25) is 0 Å². The lowest BCUT2D eigenvalue weighted by Crippen LogP contribution is -2.25. The third kappa shape index (κ3) is 3.75. The molecule has 6 nitrogen and oxygen atoms in total. The van der Waals surface area contributed by atoms with Gasteiger partial charge in [-0.15, -0.1) is 10.2 Å². The highest BCUT2D eigenvalue weighted by molar-refractivity contribution is 6.04. The van der Waals surface area contributed by atoms with Crippen molar-refractivity contribution in [2.24, 2.45) is 0 Å². The largest absolute Gasteiger partial charge is 0.465 e. The van der Waals surface area contributed by atoms with Crippen molar-refractivity contribution in [1.29, 1.82) is 0 Å². The zero-order chi connectivity index (χ0) is 18.8. The first-order valence-electron chi connectivity index (χ1n) is 10.1. The second kappa shape index (κ2) is 7.89. The lowest BCUT2D eigenvalue weighted by Gasteiger charge is -2.23. The summed E-state index contributed by atoms with van der Waals surface area (Å²) in [7, 11) is 0. The van der Waals surface area contributed by atoms with Crippen LogP contribution in [-0.4, -0.2) is 36.0 Å². The van der Waals surface area contributed by atoms with Crippen LogP contribution in [0, 0.1) is 0 Å². The van der Waals surface area contributed by atoms with E-state index in [1.165, 1.54) is 0 Å². The van der Waals surface area contributed by atoms with Crippen molar-refractivity contribution >= 4 is 21.8 Å². The van der Waals surface area contributed by atoms with E-state index in [0.717, 1.165) is 85.0 Å². The van der Waals surface area contributed by atoms with E-state index in [0.29, 0.717) is 0 Å². The summed E-state index contributed by atoms with van der Waals surface area (Å²) in [6, 6.07) is 11.9. The molecule has 0 radical (unpaired) electrons. The first-order valence-corrected chi connectivity index (χ1v) is 10.1. The van der Waals surface area contributed by atoms with Gasteiger partial charge < -0.3 is 18.9 Å². The van der Waals surface area contributed by atoms with Gasteiger partial charge in [-0.25, -0.2) is 0 Å². The molecule has 0 saturated carbocycles. The van der Waals surface area contributed by atoms with Crippen LogP contribution in [0.1, 0.15) is 38.5 Å². The molecule has 2 saturated heterocycles. The molecule has 2 aliphatic heterocycles. The number of hydrogen-bond donors (Lipinski definition) is 0. The highest BCUT2D eigenvalue weighted by Gasteiger charge is 2.17. The molecule has 0 aliphatic carbocycles. The SMILES string of the molecule is c1cc2c(cc1O[C@@H]1CCCCO1)nnc1cc(O[C@@H]3CCCCO3)ccc12. The summed E-state index contributed by atoms with van der Waals surface area (Å²) in [6.07, 6.45) is 6.01. The molecule has 0 N–H and O–H groups in total. The molecule has 2 fully saturated rings. The van der Waals surface area contributed by atoms with Gasteiger partial charge in [-0.2, -0.15) is 0 Å². The molecule has 5 rings (SSSR count). The lowest BCUT2D eigenvalue weighted by molar-refractivity contribution is -0.106. The quantitative estimate of drug-likeness (QED) is 0.617. The molecular weight excluding hydrogens is 356 g/mol. The van der Waals surface area contributed by atoms with Crippen molar-refractivity contribution < 1.29 is 18.9 Å². The predicted molar refractivity (Wildman–Crippen MR) is 105 cm³/mol. The molecule has 28 heavy (non-hydrogen) atoms. The number of aromatic nitrogens is 2. The first-order chi connectivity index (χ1) is 13.8. The van der Waals surface area contributed by atoms with Crippen LogP contribution in [0.15, 0.2) is 36.4 Å². The van der Waals surface area contributed by atoms with Gasteiger partial charge in [0.05, 0.1) is 24.2 Å². The Balaban J connectivity index is 1.39. The Morgan fingerprint density at radius 1 is 0.679 bits per heavy atom. The van der Waals surface area contributed by atoms with Crippen molar-refractivity contribution in [2.75, 3.05) is 13.2 Å². The van der Waals surface area contributed by atoms with Gasteiger partial charge >= 0.3 is 0 Å². The Kier molecular flexibility index (Phi) is 4.97. The van der Waals surface area contributed by atoms with Crippen LogP contribution in [0.2, 0.25) is 0 Å². The lowest BCUT2D eigenvalue weighted by atomic mass is 10.1. The van der Waals surface area contributed by atoms with Crippen molar-refractivity contribution in [3.8, 4) is 11.5 Å². The van der Waals surface area contributed by atoms with Crippen LogP contribution in [0.25, 0.3) is 21.8 Å². The topological polar surface area (TPSA) is 62.7 Å². The van der Waals surface area contributed by atoms with Crippen LogP contribution in [0.5, 0.6) is 11.5 Å². The molecule has 2 aromatic carbocycles. The van der Waals surface area contributed by atoms with E-state index in [9.17, 15) is 0 Å². The van der Waals surface area contributed by atoms with E-state index in [1.54, 1.807) is 0 Å². The highest BCUT2D eigenvalue weighted by atomic mass is 16.7. The first kappa shape index (κ1) is 17.6. The fourth-order valence-corrected chi connectivity index (χ4v) is 3.81. The Bertz CT molecular complexity index is 887. The maximum atomic E-state index is 5.96. The summed E-state index contributed by atoms with van der Waals surface area (Å²) in [6.45, 7) is 1.53. The smallest absolute Gasteiger partial charge is 0.199 e. The normalized spacial score (nSPS) is 23.0. The molecule has 0 unspecified atom stereocenters. The van der Waals surface area contributed by atoms with Gasteiger partial charge in [0.15, 0.2) is 12.6 Å². The summed E-state index contributed by atoms with van der Waals surface area (Å²) < 4.78 is 23.2. The van der Waals surface area contributed by atoms with Gasteiger partial charge in [-0.1, -0.05) is 0 Å². The fraction of sp³-hybridized carbons (Fsp3) is 0.455. The number of nitrogens with zero attached hydrogens (tertiary/aromatic N) is 2. The Labute approximate surface area is 163 Å². The fourth-order valence-electron chi connectivity index (χ4n) is 3.81. The molecule has 3 aromatic rings. The average molecular weight is 380 g/mol. The Morgan fingerprint density at radius 3 is 1.61 bits per heavy atom. The summed E-state index contributed by atoms with van der Waals surface area (Å²) in [5.74, 6) is 1.53. The summed E-state index contributed by atoms with van der Waals surface area (Å²) in [4.78, 5) is 0. The molecule has 0 bridgehead atoms.